The van der Waals surface area contributed by atoms with E-state index in [1.54, 1.807) is 0 Å². The van der Waals surface area contributed by atoms with Gasteiger partial charge >= 0.3 is 0 Å². The summed E-state index contributed by atoms with van der Waals surface area (Å²) in [4.78, 5) is 1.03. The van der Waals surface area contributed by atoms with Crippen LogP contribution in [0.1, 0.15) is 20.3 Å². The zero-order valence-electron chi connectivity index (χ0n) is 4.77. The number of rotatable bonds is 2. The maximum atomic E-state index is 4.87. The summed E-state index contributed by atoms with van der Waals surface area (Å²) < 4.78 is 0. The van der Waals surface area contributed by atoms with Crippen molar-refractivity contribution in [3.63, 3.8) is 0 Å². The Bertz CT molecular complexity index is 82.2. The van der Waals surface area contributed by atoms with Crippen LogP contribution in [0.25, 0.3) is 0 Å². The first-order valence-electron chi connectivity index (χ1n) is 2.46. The highest BCUT2D eigenvalue weighted by atomic mass is 32.1. The SMILES string of the molecule is CC=CC(=S)CC. The molecule has 0 heterocycles. The van der Waals surface area contributed by atoms with Crippen LogP contribution in [0.5, 0.6) is 0 Å². The van der Waals surface area contributed by atoms with Crippen molar-refractivity contribution in [2.75, 3.05) is 0 Å². The van der Waals surface area contributed by atoms with E-state index in [0.29, 0.717) is 0 Å². The Morgan fingerprint density at radius 3 is 2.43 bits per heavy atom. The van der Waals surface area contributed by atoms with E-state index < -0.39 is 0 Å². The van der Waals surface area contributed by atoms with Crippen molar-refractivity contribution < 1.29 is 0 Å². The molecule has 1 heteroatoms. The number of hydrogen-bond donors (Lipinski definition) is 0. The van der Waals surface area contributed by atoms with Crippen LogP contribution in [-0.4, -0.2) is 4.86 Å². The van der Waals surface area contributed by atoms with Gasteiger partial charge in [0, 0.05) is 4.86 Å². The van der Waals surface area contributed by atoms with E-state index in [4.69, 9.17) is 12.2 Å². The summed E-state index contributed by atoms with van der Waals surface area (Å²) in [5.74, 6) is 0. The van der Waals surface area contributed by atoms with E-state index in [0.717, 1.165) is 11.3 Å². The Morgan fingerprint density at radius 1 is 1.71 bits per heavy atom. The molecule has 0 spiro atoms. The Morgan fingerprint density at radius 2 is 2.29 bits per heavy atom. The maximum Gasteiger partial charge on any atom is 0.0146 e. The number of hydrogen-bond acceptors (Lipinski definition) is 1. The second kappa shape index (κ2) is 4.00. The highest BCUT2D eigenvalue weighted by Gasteiger charge is 1.78. The van der Waals surface area contributed by atoms with E-state index in [2.05, 4.69) is 6.92 Å². The Hall–Kier alpha value is -0.170. The minimum atomic E-state index is 0.986. The summed E-state index contributed by atoms with van der Waals surface area (Å²) in [5, 5.41) is 0. The van der Waals surface area contributed by atoms with Gasteiger partial charge < -0.3 is 0 Å². The van der Waals surface area contributed by atoms with Crippen LogP contribution < -0.4 is 0 Å². The summed E-state index contributed by atoms with van der Waals surface area (Å²) >= 11 is 4.87. The summed E-state index contributed by atoms with van der Waals surface area (Å²) in [7, 11) is 0. The van der Waals surface area contributed by atoms with Crippen molar-refractivity contribution >= 4 is 17.1 Å². The standard InChI is InChI=1S/C6H10S/c1-3-5-6(7)4-2/h3,5H,4H2,1-2H3. The molecule has 0 saturated heterocycles. The summed E-state index contributed by atoms with van der Waals surface area (Å²) in [5.41, 5.74) is 0. The molecule has 7 heavy (non-hydrogen) atoms. The Labute approximate surface area is 50.2 Å². The topological polar surface area (TPSA) is 0 Å². The largest absolute Gasteiger partial charge is 0.0866 e. The first kappa shape index (κ1) is 6.83. The molecule has 0 aliphatic rings. The summed E-state index contributed by atoms with van der Waals surface area (Å²) in [6, 6.07) is 0. The van der Waals surface area contributed by atoms with Crippen LogP contribution in [0.2, 0.25) is 0 Å². The third kappa shape index (κ3) is 3.67. The smallest absolute Gasteiger partial charge is 0.0146 e. The fourth-order valence-electron chi connectivity index (χ4n) is 0.304. The number of allylic oxidation sites excluding steroid dienone is 2. The molecule has 0 saturated carbocycles. The van der Waals surface area contributed by atoms with Crippen LogP contribution in [0.4, 0.5) is 0 Å². The van der Waals surface area contributed by atoms with Crippen LogP contribution in [0.3, 0.4) is 0 Å². The lowest BCUT2D eigenvalue weighted by molar-refractivity contribution is 1.33. The van der Waals surface area contributed by atoms with Crippen molar-refractivity contribution in [1.29, 1.82) is 0 Å². The van der Waals surface area contributed by atoms with Crippen LogP contribution in [-0.2, 0) is 0 Å². The second-order valence-corrected chi connectivity index (χ2v) is 1.84. The molecule has 0 N–H and O–H groups in total. The van der Waals surface area contributed by atoms with E-state index in [1.807, 2.05) is 19.1 Å². The van der Waals surface area contributed by atoms with E-state index in [1.165, 1.54) is 0 Å². The van der Waals surface area contributed by atoms with Crippen molar-refractivity contribution in [3.8, 4) is 0 Å². The van der Waals surface area contributed by atoms with Gasteiger partial charge in [0.05, 0.1) is 0 Å². The van der Waals surface area contributed by atoms with Gasteiger partial charge in [0.1, 0.15) is 0 Å². The average Bonchev–Trinajstić information content (AvgIpc) is 1.68. The molecule has 0 fully saturated rings. The van der Waals surface area contributed by atoms with Crippen molar-refractivity contribution in [1.82, 2.24) is 0 Å². The minimum absolute atomic E-state index is 0.986. The first-order valence-corrected chi connectivity index (χ1v) is 2.87. The minimum Gasteiger partial charge on any atom is -0.0866 e. The van der Waals surface area contributed by atoms with Gasteiger partial charge in [0.15, 0.2) is 0 Å². The summed E-state index contributed by atoms with van der Waals surface area (Å²) in [6.07, 6.45) is 4.90. The maximum absolute atomic E-state index is 4.87. The van der Waals surface area contributed by atoms with Gasteiger partial charge in [-0.15, -0.1) is 0 Å². The van der Waals surface area contributed by atoms with Crippen molar-refractivity contribution in [2.45, 2.75) is 20.3 Å². The van der Waals surface area contributed by atoms with E-state index in [9.17, 15) is 0 Å². The Kier molecular flexibility index (Phi) is 3.90. The molecule has 0 aliphatic carbocycles. The fourth-order valence-corrected chi connectivity index (χ4v) is 0.440. The highest BCUT2D eigenvalue weighted by Crippen LogP contribution is 1.85. The molecular weight excluding hydrogens is 104 g/mol. The van der Waals surface area contributed by atoms with Gasteiger partial charge in [-0.2, -0.15) is 0 Å². The molecule has 0 amide bonds. The van der Waals surface area contributed by atoms with Crippen LogP contribution in [0.15, 0.2) is 12.2 Å². The molecule has 0 atom stereocenters. The zero-order valence-corrected chi connectivity index (χ0v) is 5.59. The lowest BCUT2D eigenvalue weighted by Gasteiger charge is -1.82. The normalized spacial score (nSPS) is 10.0. The predicted molar refractivity (Wildman–Crippen MR) is 37.7 cm³/mol. The number of thiocarbonyl (C=S) groups is 1. The fraction of sp³-hybridized carbons (Fsp3) is 0.500. The summed E-state index contributed by atoms with van der Waals surface area (Å²) in [6.45, 7) is 4.03. The molecule has 0 nitrogen and oxygen atoms in total. The monoisotopic (exact) mass is 114 g/mol. The molecule has 0 bridgehead atoms. The molecule has 0 unspecified atom stereocenters. The van der Waals surface area contributed by atoms with Crippen molar-refractivity contribution in [2.24, 2.45) is 0 Å². The molecule has 0 aromatic heterocycles. The average molecular weight is 114 g/mol. The second-order valence-electron chi connectivity index (χ2n) is 1.32. The lowest BCUT2D eigenvalue weighted by atomic mass is 10.3. The third-order valence-corrected chi connectivity index (χ3v) is 1.13. The van der Waals surface area contributed by atoms with Gasteiger partial charge in [0.25, 0.3) is 0 Å². The molecule has 0 aliphatic heterocycles. The third-order valence-electron chi connectivity index (χ3n) is 0.701. The molecule has 0 rings (SSSR count). The van der Waals surface area contributed by atoms with Gasteiger partial charge in [-0.3, -0.25) is 0 Å². The predicted octanol–water partition coefficient (Wildman–Crippen LogP) is 2.34. The molecule has 0 aromatic carbocycles. The van der Waals surface area contributed by atoms with Gasteiger partial charge in [0.2, 0.25) is 0 Å². The van der Waals surface area contributed by atoms with E-state index in [-0.39, 0.29) is 0 Å². The van der Waals surface area contributed by atoms with Gasteiger partial charge in [-0.1, -0.05) is 31.3 Å². The highest BCUT2D eigenvalue weighted by molar-refractivity contribution is 7.80. The zero-order chi connectivity index (χ0) is 5.70. The van der Waals surface area contributed by atoms with E-state index >= 15 is 0 Å². The molecule has 0 radical (unpaired) electrons. The quantitative estimate of drug-likeness (QED) is 0.392. The van der Waals surface area contributed by atoms with Crippen LogP contribution in [0, 0.1) is 0 Å². The van der Waals surface area contributed by atoms with Crippen LogP contribution >= 0.6 is 12.2 Å². The molecule has 0 aromatic rings. The molecular formula is C6H10S. The van der Waals surface area contributed by atoms with Gasteiger partial charge in [-0.05, 0) is 13.3 Å². The van der Waals surface area contributed by atoms with Crippen molar-refractivity contribution in [3.05, 3.63) is 12.2 Å². The first-order chi connectivity index (χ1) is 3.31. The Balaban J connectivity index is 3.37. The lowest BCUT2D eigenvalue weighted by Crippen LogP contribution is -1.80. The molecule has 40 valence electrons. The van der Waals surface area contributed by atoms with Gasteiger partial charge in [-0.25, -0.2) is 0 Å².